The number of aromatic nitrogens is 1. The van der Waals surface area contributed by atoms with E-state index >= 15 is 0 Å². The molecule has 1 aromatic carbocycles. The Kier molecular flexibility index (Phi) is 4.66. The lowest BCUT2D eigenvalue weighted by Gasteiger charge is -2.30. The van der Waals surface area contributed by atoms with Gasteiger partial charge in [-0.15, -0.1) is 0 Å². The maximum absolute atomic E-state index is 12.4. The molecule has 5 heteroatoms. The summed E-state index contributed by atoms with van der Waals surface area (Å²) in [5.41, 5.74) is 2.50. The molecule has 0 unspecified atom stereocenters. The molecule has 1 aliphatic carbocycles. The highest BCUT2D eigenvalue weighted by molar-refractivity contribution is 5.85. The van der Waals surface area contributed by atoms with E-state index in [9.17, 15) is 4.79 Å². The molecule has 1 saturated carbocycles. The molecule has 1 saturated heterocycles. The highest BCUT2D eigenvalue weighted by Crippen LogP contribution is 2.37. The Labute approximate surface area is 148 Å². The summed E-state index contributed by atoms with van der Waals surface area (Å²) in [6, 6.07) is 6.47. The average Bonchev–Trinajstić information content (AvgIpc) is 3.31. The molecule has 25 heavy (non-hydrogen) atoms. The van der Waals surface area contributed by atoms with Gasteiger partial charge in [-0.1, -0.05) is 6.42 Å². The topological polar surface area (TPSA) is 66.1 Å². The highest BCUT2D eigenvalue weighted by atomic mass is 16.5. The van der Waals surface area contributed by atoms with Crippen molar-refractivity contribution >= 4 is 16.8 Å². The zero-order valence-corrected chi connectivity index (χ0v) is 14.8. The van der Waals surface area contributed by atoms with Crippen LogP contribution >= 0.6 is 0 Å². The zero-order valence-electron chi connectivity index (χ0n) is 14.8. The number of amides is 1. The van der Waals surface area contributed by atoms with Crippen LogP contribution < -0.4 is 15.4 Å². The third kappa shape index (κ3) is 3.38. The first kappa shape index (κ1) is 16.5. The Hall–Kier alpha value is -2.01. The van der Waals surface area contributed by atoms with Crippen LogP contribution in [0.25, 0.3) is 10.9 Å². The van der Waals surface area contributed by atoms with Crippen molar-refractivity contribution in [2.45, 2.75) is 56.5 Å². The van der Waals surface area contributed by atoms with Crippen molar-refractivity contribution in [3.8, 4) is 5.75 Å². The van der Waals surface area contributed by atoms with E-state index in [4.69, 9.17) is 4.74 Å². The molecular formula is C20H27N3O2. The van der Waals surface area contributed by atoms with Crippen molar-refractivity contribution in [1.29, 1.82) is 0 Å². The first-order valence-corrected chi connectivity index (χ1v) is 9.43. The summed E-state index contributed by atoms with van der Waals surface area (Å²) < 4.78 is 5.39. The van der Waals surface area contributed by atoms with Gasteiger partial charge < -0.3 is 20.4 Å². The van der Waals surface area contributed by atoms with Crippen LogP contribution in [-0.4, -0.2) is 36.6 Å². The molecule has 2 fully saturated rings. The Balaban J connectivity index is 1.48. The molecule has 0 spiro atoms. The molecule has 134 valence electrons. The minimum atomic E-state index is 0.0118. The first-order valence-electron chi connectivity index (χ1n) is 9.43. The number of methoxy groups -OCH3 is 1. The molecule has 1 amide bonds. The number of carbonyl (C=O) groups is 1. The van der Waals surface area contributed by atoms with Crippen molar-refractivity contribution in [3.05, 3.63) is 30.0 Å². The smallest absolute Gasteiger partial charge is 0.237 e. The summed E-state index contributed by atoms with van der Waals surface area (Å²) in [6.45, 7) is 0.961. The summed E-state index contributed by atoms with van der Waals surface area (Å²) in [5.74, 6) is 1.56. The maximum Gasteiger partial charge on any atom is 0.237 e. The van der Waals surface area contributed by atoms with Crippen LogP contribution in [0, 0.1) is 0 Å². The summed E-state index contributed by atoms with van der Waals surface area (Å²) in [4.78, 5) is 15.8. The number of fused-ring (bicyclic) bond motifs is 1. The van der Waals surface area contributed by atoms with E-state index in [-0.39, 0.29) is 18.0 Å². The summed E-state index contributed by atoms with van der Waals surface area (Å²) in [6.07, 6.45) is 8.64. The van der Waals surface area contributed by atoms with E-state index < -0.39 is 0 Å². The number of nitrogens with one attached hydrogen (secondary N) is 3. The van der Waals surface area contributed by atoms with Gasteiger partial charge in [0.1, 0.15) is 5.75 Å². The molecule has 0 radical (unpaired) electrons. The number of aromatic amines is 1. The molecule has 0 bridgehead atoms. The Morgan fingerprint density at radius 2 is 2.16 bits per heavy atom. The average molecular weight is 341 g/mol. The van der Waals surface area contributed by atoms with Gasteiger partial charge in [-0.3, -0.25) is 4.79 Å². The van der Waals surface area contributed by atoms with Crippen LogP contribution in [0.15, 0.2) is 24.4 Å². The Bertz CT molecular complexity index is 748. The lowest BCUT2D eigenvalue weighted by molar-refractivity contribution is -0.123. The number of H-pyrrole nitrogens is 1. The fraction of sp³-hybridized carbons (Fsp3) is 0.550. The second-order valence-electron chi connectivity index (χ2n) is 7.37. The molecular weight excluding hydrogens is 314 g/mol. The van der Waals surface area contributed by atoms with Crippen LogP contribution in [0.5, 0.6) is 5.75 Å². The standard InChI is InChI=1S/C20H27N3O2/c1-25-15-7-8-18-16(11-15)17(12-22-18)13-4-2-5-14(10-13)23-20(24)19-6-3-9-21-19/h7-8,11-14,19,21-22H,2-6,9-10H2,1H3,(H,23,24)/t13-,14+,19+/m1/s1. The van der Waals surface area contributed by atoms with Crippen molar-refractivity contribution in [3.63, 3.8) is 0 Å². The number of hydrogen-bond acceptors (Lipinski definition) is 3. The van der Waals surface area contributed by atoms with Crippen LogP contribution in [-0.2, 0) is 4.79 Å². The van der Waals surface area contributed by atoms with Crippen LogP contribution in [0.4, 0.5) is 0 Å². The van der Waals surface area contributed by atoms with E-state index in [1.165, 1.54) is 17.4 Å². The van der Waals surface area contributed by atoms with Gasteiger partial charge in [0.15, 0.2) is 0 Å². The van der Waals surface area contributed by atoms with Gasteiger partial charge in [0, 0.05) is 23.1 Å². The molecule has 3 atom stereocenters. The minimum absolute atomic E-state index is 0.0118. The van der Waals surface area contributed by atoms with Gasteiger partial charge in [0.25, 0.3) is 0 Å². The van der Waals surface area contributed by atoms with E-state index in [2.05, 4.69) is 33.9 Å². The summed E-state index contributed by atoms with van der Waals surface area (Å²) >= 11 is 0. The van der Waals surface area contributed by atoms with E-state index in [1.807, 2.05) is 6.07 Å². The largest absolute Gasteiger partial charge is 0.497 e. The van der Waals surface area contributed by atoms with Crippen LogP contribution in [0.3, 0.4) is 0 Å². The van der Waals surface area contributed by atoms with Gasteiger partial charge >= 0.3 is 0 Å². The quantitative estimate of drug-likeness (QED) is 0.801. The van der Waals surface area contributed by atoms with Crippen molar-refractivity contribution in [2.24, 2.45) is 0 Å². The summed E-state index contributed by atoms with van der Waals surface area (Å²) in [5, 5.41) is 7.82. The number of ether oxygens (including phenoxy) is 1. The second kappa shape index (κ2) is 7.08. The van der Waals surface area contributed by atoms with Gasteiger partial charge in [-0.25, -0.2) is 0 Å². The Morgan fingerprint density at radius 1 is 1.24 bits per heavy atom. The molecule has 3 N–H and O–H groups in total. The molecule has 2 aromatic rings. The predicted molar refractivity (Wildman–Crippen MR) is 99.0 cm³/mol. The first-order chi connectivity index (χ1) is 12.2. The monoisotopic (exact) mass is 341 g/mol. The molecule has 1 aliphatic heterocycles. The van der Waals surface area contributed by atoms with Crippen LogP contribution in [0.1, 0.15) is 50.0 Å². The van der Waals surface area contributed by atoms with Crippen molar-refractivity contribution in [1.82, 2.24) is 15.6 Å². The highest BCUT2D eigenvalue weighted by Gasteiger charge is 2.29. The van der Waals surface area contributed by atoms with Crippen molar-refractivity contribution in [2.75, 3.05) is 13.7 Å². The van der Waals surface area contributed by atoms with Gasteiger partial charge in [-0.2, -0.15) is 0 Å². The maximum atomic E-state index is 12.4. The molecule has 5 nitrogen and oxygen atoms in total. The zero-order chi connectivity index (χ0) is 17.2. The fourth-order valence-corrected chi connectivity index (χ4v) is 4.40. The van der Waals surface area contributed by atoms with E-state index in [1.54, 1.807) is 7.11 Å². The summed E-state index contributed by atoms with van der Waals surface area (Å²) in [7, 11) is 1.71. The molecule has 2 aliphatic rings. The fourth-order valence-electron chi connectivity index (χ4n) is 4.40. The van der Waals surface area contributed by atoms with E-state index in [0.29, 0.717) is 5.92 Å². The normalized spacial score (nSPS) is 26.7. The molecule has 1 aromatic heterocycles. The lowest BCUT2D eigenvalue weighted by atomic mass is 9.81. The number of benzene rings is 1. The number of rotatable bonds is 4. The third-order valence-corrected chi connectivity index (χ3v) is 5.76. The molecule has 4 rings (SSSR count). The van der Waals surface area contributed by atoms with Gasteiger partial charge in [0.2, 0.25) is 5.91 Å². The van der Waals surface area contributed by atoms with Gasteiger partial charge in [0.05, 0.1) is 13.2 Å². The van der Waals surface area contributed by atoms with Crippen molar-refractivity contribution < 1.29 is 9.53 Å². The lowest BCUT2D eigenvalue weighted by Crippen LogP contribution is -2.46. The minimum Gasteiger partial charge on any atom is -0.497 e. The Morgan fingerprint density at radius 3 is 2.96 bits per heavy atom. The third-order valence-electron chi connectivity index (χ3n) is 5.76. The van der Waals surface area contributed by atoms with E-state index in [0.717, 1.165) is 49.9 Å². The van der Waals surface area contributed by atoms with Crippen LogP contribution in [0.2, 0.25) is 0 Å². The number of hydrogen-bond donors (Lipinski definition) is 3. The molecule has 2 heterocycles. The SMILES string of the molecule is COc1ccc2[nH]cc([C@@H]3CCC[C@H](NC(=O)[C@@H]4CCCN4)C3)c2c1. The van der Waals surface area contributed by atoms with Gasteiger partial charge in [-0.05, 0) is 68.3 Å². The predicted octanol–water partition coefficient (Wildman–Crippen LogP) is 3.07. The second-order valence-corrected chi connectivity index (χ2v) is 7.37. The number of carbonyl (C=O) groups excluding carboxylic acids is 1.